The topological polar surface area (TPSA) is 22.4 Å². The number of hydrogen-bond acceptors (Lipinski definition) is 2. The Hall–Kier alpha value is -1.54. The molecule has 2 aromatic rings. The molecule has 0 amide bonds. The van der Waals surface area contributed by atoms with Crippen molar-refractivity contribution in [3.05, 3.63) is 47.2 Å². The van der Waals surface area contributed by atoms with Crippen LogP contribution in [-0.4, -0.2) is 11.7 Å². The molecule has 0 bridgehead atoms. The van der Waals surface area contributed by atoms with Crippen molar-refractivity contribution in [2.24, 2.45) is 0 Å². The third-order valence-corrected chi connectivity index (χ3v) is 4.61. The molecule has 0 radical (unpaired) electrons. The normalized spacial score (nSPS) is 23.6. The van der Waals surface area contributed by atoms with Gasteiger partial charge >= 0.3 is 0 Å². The smallest absolute Gasteiger partial charge is 0.137 e. The maximum Gasteiger partial charge on any atom is 0.137 e. The van der Waals surface area contributed by atoms with E-state index in [2.05, 4.69) is 51.1 Å². The minimum atomic E-state index is -0.0720. The van der Waals surface area contributed by atoms with Crippen LogP contribution in [0.5, 0.6) is 0 Å². The largest absolute Gasteiger partial charge is 0.460 e. The Kier molecular flexibility index (Phi) is 3.19. The summed E-state index contributed by atoms with van der Waals surface area (Å²) in [6.07, 6.45) is 5.01. The zero-order chi connectivity index (χ0) is 15.3. The fourth-order valence-corrected chi connectivity index (χ4v) is 3.65. The molecule has 0 N–H and O–H groups in total. The highest BCUT2D eigenvalue weighted by Gasteiger charge is 2.46. The lowest BCUT2D eigenvalue weighted by atomic mass is 10.1. The van der Waals surface area contributed by atoms with Crippen molar-refractivity contribution in [1.29, 1.82) is 0 Å². The molecule has 2 nitrogen and oxygen atoms in total. The molecule has 2 aliphatic rings. The van der Waals surface area contributed by atoms with Crippen molar-refractivity contribution in [3.8, 4) is 11.3 Å². The summed E-state index contributed by atoms with van der Waals surface area (Å²) >= 11 is 0. The predicted octanol–water partition coefficient (Wildman–Crippen LogP) is 5.11. The molecule has 1 aromatic carbocycles. The number of benzene rings is 1. The maximum atomic E-state index is 6.36. The number of fused-ring (bicyclic) bond motifs is 1. The van der Waals surface area contributed by atoms with Gasteiger partial charge in [-0.1, -0.05) is 30.3 Å². The van der Waals surface area contributed by atoms with E-state index in [-0.39, 0.29) is 5.60 Å². The van der Waals surface area contributed by atoms with Crippen molar-refractivity contribution in [2.45, 2.75) is 64.1 Å². The Morgan fingerprint density at radius 2 is 1.77 bits per heavy atom. The van der Waals surface area contributed by atoms with Gasteiger partial charge in [0.1, 0.15) is 11.5 Å². The SMILES string of the molecule is CC(C)(C)O[C@H]1C[C@H]1c1oc(-c2ccccc2)c2c1CCC2. The van der Waals surface area contributed by atoms with Gasteiger partial charge in [0.15, 0.2) is 0 Å². The van der Waals surface area contributed by atoms with Crippen LogP contribution in [0.25, 0.3) is 11.3 Å². The molecule has 2 heteroatoms. The summed E-state index contributed by atoms with van der Waals surface area (Å²) in [6, 6.07) is 10.5. The van der Waals surface area contributed by atoms with Crippen molar-refractivity contribution in [2.75, 3.05) is 0 Å². The Bertz CT molecular complexity index is 676. The van der Waals surface area contributed by atoms with Crippen LogP contribution >= 0.6 is 0 Å². The third kappa shape index (κ3) is 2.50. The molecule has 1 heterocycles. The van der Waals surface area contributed by atoms with Crippen LogP contribution in [0, 0.1) is 0 Å². The number of furan rings is 1. The van der Waals surface area contributed by atoms with Gasteiger partial charge in [-0.25, -0.2) is 0 Å². The third-order valence-electron chi connectivity index (χ3n) is 4.61. The van der Waals surface area contributed by atoms with E-state index in [1.54, 1.807) is 0 Å². The Morgan fingerprint density at radius 1 is 1.05 bits per heavy atom. The molecule has 0 spiro atoms. The molecule has 0 unspecified atom stereocenters. The molecule has 1 aromatic heterocycles. The van der Waals surface area contributed by atoms with Gasteiger partial charge < -0.3 is 9.15 Å². The van der Waals surface area contributed by atoms with Gasteiger partial charge in [-0.2, -0.15) is 0 Å². The molecular weight excluding hydrogens is 272 g/mol. The van der Waals surface area contributed by atoms with Gasteiger partial charge in [0.25, 0.3) is 0 Å². The zero-order valence-corrected chi connectivity index (χ0v) is 13.7. The second-order valence-corrected chi connectivity index (χ2v) is 7.58. The Labute approximate surface area is 132 Å². The van der Waals surface area contributed by atoms with Crippen LogP contribution in [0.15, 0.2) is 34.7 Å². The van der Waals surface area contributed by atoms with E-state index in [9.17, 15) is 0 Å². The monoisotopic (exact) mass is 296 g/mol. The molecule has 116 valence electrons. The van der Waals surface area contributed by atoms with E-state index < -0.39 is 0 Å². The van der Waals surface area contributed by atoms with E-state index in [4.69, 9.17) is 9.15 Å². The summed E-state index contributed by atoms with van der Waals surface area (Å²) in [6.45, 7) is 6.39. The van der Waals surface area contributed by atoms with Gasteiger partial charge in [0, 0.05) is 17.0 Å². The standard InChI is InChI=1S/C20H24O2/c1-20(2,3)22-17-12-16(17)19-15-11-7-10-14(15)18(21-19)13-8-5-4-6-9-13/h4-6,8-9,16-17H,7,10-12H2,1-3H3/t16-,17+/m1/s1. The molecule has 4 rings (SSSR count). The van der Waals surface area contributed by atoms with E-state index in [0.29, 0.717) is 12.0 Å². The van der Waals surface area contributed by atoms with Crippen molar-refractivity contribution in [1.82, 2.24) is 0 Å². The average Bonchev–Trinajstić information content (AvgIpc) is 2.91. The number of hydrogen-bond donors (Lipinski definition) is 0. The molecule has 0 saturated heterocycles. The molecule has 2 aliphatic carbocycles. The highest BCUT2D eigenvalue weighted by molar-refractivity contribution is 5.65. The van der Waals surface area contributed by atoms with Crippen molar-refractivity contribution < 1.29 is 9.15 Å². The fraction of sp³-hybridized carbons (Fsp3) is 0.500. The summed E-state index contributed by atoms with van der Waals surface area (Å²) in [5.74, 6) is 2.77. The first-order valence-corrected chi connectivity index (χ1v) is 8.40. The van der Waals surface area contributed by atoms with E-state index in [0.717, 1.165) is 18.6 Å². The highest BCUT2D eigenvalue weighted by Crippen LogP contribution is 2.51. The van der Waals surface area contributed by atoms with Crippen LogP contribution in [0.2, 0.25) is 0 Å². The zero-order valence-electron chi connectivity index (χ0n) is 13.7. The molecular formula is C20H24O2. The second kappa shape index (κ2) is 4.99. The highest BCUT2D eigenvalue weighted by atomic mass is 16.5. The van der Waals surface area contributed by atoms with Crippen LogP contribution in [0.1, 0.15) is 56.4 Å². The second-order valence-electron chi connectivity index (χ2n) is 7.58. The fourth-order valence-electron chi connectivity index (χ4n) is 3.65. The lowest BCUT2D eigenvalue weighted by molar-refractivity contribution is -0.0184. The number of rotatable bonds is 3. The van der Waals surface area contributed by atoms with Gasteiger partial charge in [-0.05, 0) is 52.0 Å². The lowest BCUT2D eigenvalue weighted by Gasteiger charge is -2.19. The molecule has 2 atom stereocenters. The minimum Gasteiger partial charge on any atom is -0.460 e. The van der Waals surface area contributed by atoms with Crippen LogP contribution in [0.3, 0.4) is 0 Å². The van der Waals surface area contributed by atoms with Gasteiger partial charge in [-0.15, -0.1) is 0 Å². The Morgan fingerprint density at radius 3 is 2.50 bits per heavy atom. The van der Waals surface area contributed by atoms with Gasteiger partial charge in [0.05, 0.1) is 11.7 Å². The van der Waals surface area contributed by atoms with E-state index in [1.165, 1.54) is 35.3 Å². The first-order valence-electron chi connectivity index (χ1n) is 8.40. The molecule has 1 fully saturated rings. The van der Waals surface area contributed by atoms with Crippen molar-refractivity contribution in [3.63, 3.8) is 0 Å². The summed E-state index contributed by atoms with van der Waals surface area (Å²) in [7, 11) is 0. The van der Waals surface area contributed by atoms with E-state index >= 15 is 0 Å². The summed E-state index contributed by atoms with van der Waals surface area (Å²) in [4.78, 5) is 0. The van der Waals surface area contributed by atoms with Gasteiger partial charge in [0.2, 0.25) is 0 Å². The van der Waals surface area contributed by atoms with Crippen LogP contribution < -0.4 is 0 Å². The summed E-state index contributed by atoms with van der Waals surface area (Å²) < 4.78 is 12.5. The maximum absolute atomic E-state index is 6.36. The molecule has 1 saturated carbocycles. The lowest BCUT2D eigenvalue weighted by Crippen LogP contribution is -2.21. The first-order chi connectivity index (χ1) is 10.5. The van der Waals surface area contributed by atoms with Crippen LogP contribution in [-0.2, 0) is 17.6 Å². The molecule has 0 aliphatic heterocycles. The van der Waals surface area contributed by atoms with Crippen molar-refractivity contribution >= 4 is 0 Å². The average molecular weight is 296 g/mol. The first kappa shape index (κ1) is 14.1. The quantitative estimate of drug-likeness (QED) is 0.785. The summed E-state index contributed by atoms with van der Waals surface area (Å²) in [5, 5.41) is 0. The van der Waals surface area contributed by atoms with Gasteiger partial charge in [-0.3, -0.25) is 0 Å². The predicted molar refractivity (Wildman–Crippen MR) is 88.2 cm³/mol. The Balaban J connectivity index is 1.66. The minimum absolute atomic E-state index is 0.0720. The summed E-state index contributed by atoms with van der Waals surface area (Å²) in [5.41, 5.74) is 4.06. The molecule has 22 heavy (non-hydrogen) atoms. The van der Waals surface area contributed by atoms with E-state index in [1.807, 2.05) is 0 Å². The number of ether oxygens (including phenoxy) is 1. The van der Waals surface area contributed by atoms with Crippen LogP contribution in [0.4, 0.5) is 0 Å².